The Hall–Kier alpha value is -2.43. The number of alkyl halides is 3. The van der Waals surface area contributed by atoms with E-state index < -0.39 is 27.8 Å². The number of rotatable bonds is 6. The summed E-state index contributed by atoms with van der Waals surface area (Å²) in [7, 11) is -2.14. The Morgan fingerprint density at radius 2 is 1.64 bits per heavy atom. The molecular weight excluding hydrogens is 395 g/mol. The maximum absolute atomic E-state index is 12.6. The van der Waals surface area contributed by atoms with Crippen molar-refractivity contribution < 1.29 is 26.4 Å². The minimum atomic E-state index is -4.39. The summed E-state index contributed by atoms with van der Waals surface area (Å²) in [6, 6.07) is 9.55. The third-order valence-corrected chi connectivity index (χ3v) is 5.13. The number of anilines is 1. The normalized spacial score (nSPS) is 13.4. The molecule has 152 valence electrons. The van der Waals surface area contributed by atoms with Gasteiger partial charge >= 0.3 is 6.18 Å². The van der Waals surface area contributed by atoms with Crippen LogP contribution in [0.3, 0.4) is 0 Å². The Morgan fingerprint density at radius 1 is 1.11 bits per heavy atom. The first-order chi connectivity index (χ1) is 12.9. The lowest BCUT2D eigenvalue weighted by Gasteiger charge is -2.24. The molecule has 2 rings (SSSR count). The predicted molar refractivity (Wildman–Crippen MR) is 98.8 cm³/mol. The topological polar surface area (TPSA) is 92.5 Å². The highest BCUT2D eigenvalue weighted by Crippen LogP contribution is 2.29. The molecule has 1 unspecified atom stereocenters. The van der Waals surface area contributed by atoms with Crippen molar-refractivity contribution in [2.45, 2.75) is 30.6 Å². The number of carbonyl (C=O) groups is 1. The lowest BCUT2D eigenvalue weighted by molar-refractivity contribution is -0.137. The van der Waals surface area contributed by atoms with E-state index in [0.29, 0.717) is 11.3 Å². The summed E-state index contributed by atoms with van der Waals surface area (Å²) < 4.78 is 60.3. The number of hydrogen-bond acceptors (Lipinski definition) is 4. The van der Waals surface area contributed by atoms with Crippen LogP contribution < -0.4 is 10.5 Å². The highest BCUT2D eigenvalue weighted by molar-refractivity contribution is 7.89. The summed E-state index contributed by atoms with van der Waals surface area (Å²) >= 11 is 0. The minimum absolute atomic E-state index is 0.0713. The van der Waals surface area contributed by atoms with E-state index in [-0.39, 0.29) is 17.3 Å². The Bertz CT molecular complexity index is 927. The fourth-order valence-corrected chi connectivity index (χ4v) is 2.91. The summed E-state index contributed by atoms with van der Waals surface area (Å²) in [5, 5.41) is 7.67. The largest absolute Gasteiger partial charge is 0.416 e. The van der Waals surface area contributed by atoms with Gasteiger partial charge < -0.3 is 5.32 Å². The maximum atomic E-state index is 12.6. The van der Waals surface area contributed by atoms with Crippen molar-refractivity contribution in [2.24, 2.45) is 5.14 Å². The van der Waals surface area contributed by atoms with Crippen molar-refractivity contribution >= 4 is 21.6 Å². The molecule has 6 nitrogen and oxygen atoms in total. The minimum Gasteiger partial charge on any atom is -0.325 e. The van der Waals surface area contributed by atoms with Crippen LogP contribution in [0, 0.1) is 0 Å². The summed E-state index contributed by atoms with van der Waals surface area (Å²) in [4.78, 5) is 14.0. The average molecular weight is 415 g/mol. The monoisotopic (exact) mass is 415 g/mol. The number of nitrogens with two attached hydrogens (primary N) is 1. The average Bonchev–Trinajstić information content (AvgIpc) is 2.60. The second-order valence-corrected chi connectivity index (χ2v) is 7.91. The van der Waals surface area contributed by atoms with Crippen LogP contribution >= 0.6 is 0 Å². The van der Waals surface area contributed by atoms with Crippen molar-refractivity contribution in [3.8, 4) is 0 Å². The van der Waals surface area contributed by atoms with Gasteiger partial charge in [0.25, 0.3) is 0 Å². The van der Waals surface area contributed by atoms with Gasteiger partial charge in [0.15, 0.2) is 0 Å². The first-order valence-electron chi connectivity index (χ1n) is 8.18. The van der Waals surface area contributed by atoms with Gasteiger partial charge in [-0.1, -0.05) is 12.1 Å². The molecule has 10 heteroatoms. The predicted octanol–water partition coefficient (Wildman–Crippen LogP) is 2.81. The molecule has 3 N–H and O–H groups in total. The van der Waals surface area contributed by atoms with E-state index in [9.17, 15) is 26.4 Å². The lowest BCUT2D eigenvalue weighted by atomic mass is 10.1. The SMILES string of the molecule is CC(C(=O)Nc1ccc(S(N)(=O)=O)cc1)N(C)Cc1ccc(C(F)(F)F)cc1. The molecular formula is C18H20F3N3O3S. The fourth-order valence-electron chi connectivity index (χ4n) is 2.40. The van der Waals surface area contributed by atoms with E-state index in [1.807, 2.05) is 0 Å². The zero-order valence-corrected chi connectivity index (χ0v) is 16.0. The van der Waals surface area contributed by atoms with Gasteiger partial charge in [0.05, 0.1) is 16.5 Å². The zero-order chi connectivity index (χ0) is 21.1. The summed E-state index contributed by atoms with van der Waals surface area (Å²) in [5.41, 5.74) is 0.299. The number of primary sulfonamides is 1. The number of amides is 1. The molecule has 0 aliphatic rings. The number of nitrogens with zero attached hydrogens (tertiary/aromatic N) is 1. The molecule has 2 aromatic rings. The highest BCUT2D eigenvalue weighted by Gasteiger charge is 2.30. The molecule has 1 atom stereocenters. The van der Waals surface area contributed by atoms with E-state index in [1.54, 1.807) is 18.9 Å². The smallest absolute Gasteiger partial charge is 0.325 e. The van der Waals surface area contributed by atoms with E-state index in [1.165, 1.54) is 36.4 Å². The Balaban J connectivity index is 1.98. The molecule has 2 aromatic carbocycles. The standard InChI is InChI=1S/C18H20F3N3O3S/c1-12(17(25)23-15-7-9-16(10-8-15)28(22,26)27)24(2)11-13-3-5-14(6-4-13)18(19,20)21/h3-10,12H,11H2,1-2H3,(H,23,25)(H2,22,26,27). The second-order valence-electron chi connectivity index (χ2n) is 6.34. The van der Waals surface area contributed by atoms with Crippen molar-refractivity contribution in [3.63, 3.8) is 0 Å². The molecule has 0 aliphatic heterocycles. The molecule has 0 fully saturated rings. The molecule has 0 radical (unpaired) electrons. The zero-order valence-electron chi connectivity index (χ0n) is 15.2. The van der Waals surface area contributed by atoms with Gasteiger partial charge in [-0.3, -0.25) is 9.69 Å². The maximum Gasteiger partial charge on any atom is 0.416 e. The van der Waals surface area contributed by atoms with Gasteiger partial charge in [0.2, 0.25) is 15.9 Å². The number of sulfonamides is 1. The van der Waals surface area contributed by atoms with Gasteiger partial charge in [-0.2, -0.15) is 13.2 Å². The van der Waals surface area contributed by atoms with Crippen LogP contribution in [0.1, 0.15) is 18.1 Å². The molecule has 0 heterocycles. The van der Waals surface area contributed by atoms with Crippen molar-refractivity contribution in [1.82, 2.24) is 4.90 Å². The number of hydrogen-bond donors (Lipinski definition) is 2. The van der Waals surface area contributed by atoms with Crippen LogP contribution in [0.5, 0.6) is 0 Å². The Morgan fingerprint density at radius 3 is 2.11 bits per heavy atom. The molecule has 0 aliphatic carbocycles. The molecule has 28 heavy (non-hydrogen) atoms. The van der Waals surface area contributed by atoms with Gasteiger partial charge in [-0.15, -0.1) is 0 Å². The van der Waals surface area contributed by atoms with Crippen molar-refractivity contribution in [2.75, 3.05) is 12.4 Å². The number of carbonyl (C=O) groups excluding carboxylic acids is 1. The third-order valence-electron chi connectivity index (χ3n) is 4.20. The van der Waals surface area contributed by atoms with Gasteiger partial charge in [0.1, 0.15) is 0 Å². The van der Waals surface area contributed by atoms with Gasteiger partial charge in [0, 0.05) is 12.2 Å². The number of nitrogens with one attached hydrogen (secondary N) is 1. The lowest BCUT2D eigenvalue weighted by Crippen LogP contribution is -2.39. The fraction of sp³-hybridized carbons (Fsp3) is 0.278. The first kappa shape index (κ1) is 21.9. The second kappa shape index (κ2) is 8.29. The quantitative estimate of drug-likeness (QED) is 0.759. The van der Waals surface area contributed by atoms with Crippen LogP contribution in [0.25, 0.3) is 0 Å². The number of benzene rings is 2. The van der Waals surface area contributed by atoms with Gasteiger partial charge in [-0.05, 0) is 55.9 Å². The van der Waals surface area contributed by atoms with Crippen LogP contribution in [-0.2, 0) is 27.5 Å². The van der Waals surface area contributed by atoms with E-state index in [0.717, 1.165) is 12.1 Å². The van der Waals surface area contributed by atoms with Crippen molar-refractivity contribution in [3.05, 3.63) is 59.7 Å². The first-order valence-corrected chi connectivity index (χ1v) is 9.72. The summed E-state index contributed by atoms with van der Waals surface area (Å²) in [5.74, 6) is -0.349. The summed E-state index contributed by atoms with van der Waals surface area (Å²) in [6.45, 7) is 1.93. The Kier molecular flexibility index (Phi) is 6.48. The van der Waals surface area contributed by atoms with Crippen LogP contribution in [0.4, 0.5) is 18.9 Å². The molecule has 0 aromatic heterocycles. The van der Waals surface area contributed by atoms with E-state index in [2.05, 4.69) is 5.32 Å². The van der Waals surface area contributed by atoms with E-state index in [4.69, 9.17) is 5.14 Å². The van der Waals surface area contributed by atoms with Crippen LogP contribution in [-0.4, -0.2) is 32.3 Å². The van der Waals surface area contributed by atoms with Crippen LogP contribution in [0.2, 0.25) is 0 Å². The molecule has 0 spiro atoms. The van der Waals surface area contributed by atoms with Gasteiger partial charge in [-0.25, -0.2) is 13.6 Å². The molecule has 1 amide bonds. The summed E-state index contributed by atoms with van der Waals surface area (Å²) in [6.07, 6.45) is -4.39. The molecule has 0 saturated heterocycles. The molecule has 0 saturated carbocycles. The third kappa shape index (κ3) is 5.78. The van der Waals surface area contributed by atoms with E-state index >= 15 is 0 Å². The van der Waals surface area contributed by atoms with Crippen LogP contribution in [0.15, 0.2) is 53.4 Å². The molecule has 0 bridgehead atoms. The number of likely N-dealkylation sites (N-methyl/N-ethyl adjacent to an activating group) is 1. The number of halogens is 3. The Labute approximate surface area is 161 Å². The van der Waals surface area contributed by atoms with Crippen molar-refractivity contribution in [1.29, 1.82) is 0 Å². The highest BCUT2D eigenvalue weighted by atomic mass is 32.2.